The zero-order chi connectivity index (χ0) is 20.5. The predicted octanol–water partition coefficient (Wildman–Crippen LogP) is 3.09. The van der Waals surface area contributed by atoms with Crippen molar-refractivity contribution in [3.05, 3.63) is 46.4 Å². The number of nitrogens with one attached hydrogen (secondary N) is 1. The van der Waals surface area contributed by atoms with Gasteiger partial charge in [0.15, 0.2) is 10.8 Å². The molecule has 1 aromatic carbocycles. The van der Waals surface area contributed by atoms with Gasteiger partial charge in [-0.25, -0.2) is 9.67 Å². The van der Waals surface area contributed by atoms with Crippen LogP contribution in [-0.4, -0.2) is 37.5 Å². The second-order valence-electron chi connectivity index (χ2n) is 7.90. The minimum atomic E-state index is -0.179. The van der Waals surface area contributed by atoms with E-state index in [9.17, 15) is 9.59 Å². The standard InChI is InChI=1S/C21H25N5O2S/c1-13(2)8-9-22-18(27)10-16-12-29-21-24-19-17(20(28)25(16)21)11-23-26(19)15-6-4-14(3)5-7-15/h4-7,11,13,16H,8-10,12H2,1-3H3,(H,22,27). The number of hydrogen-bond donors (Lipinski definition) is 1. The highest BCUT2D eigenvalue weighted by Crippen LogP contribution is 2.33. The molecule has 1 aliphatic rings. The van der Waals surface area contributed by atoms with Crippen molar-refractivity contribution in [1.29, 1.82) is 0 Å². The Morgan fingerprint density at radius 1 is 1.31 bits per heavy atom. The van der Waals surface area contributed by atoms with Gasteiger partial charge in [-0.15, -0.1) is 0 Å². The molecule has 7 nitrogen and oxygen atoms in total. The molecule has 1 amide bonds. The fraction of sp³-hybridized carbons (Fsp3) is 0.429. The van der Waals surface area contributed by atoms with Crippen molar-refractivity contribution in [3.8, 4) is 5.69 Å². The van der Waals surface area contributed by atoms with Gasteiger partial charge in [0.25, 0.3) is 5.56 Å². The first kappa shape index (κ1) is 19.7. The molecule has 1 N–H and O–H groups in total. The number of aromatic nitrogens is 4. The minimum Gasteiger partial charge on any atom is -0.356 e. The van der Waals surface area contributed by atoms with Gasteiger partial charge in [0, 0.05) is 18.7 Å². The Morgan fingerprint density at radius 2 is 2.07 bits per heavy atom. The Hall–Kier alpha value is -2.61. The van der Waals surface area contributed by atoms with Crippen LogP contribution in [0.4, 0.5) is 0 Å². The van der Waals surface area contributed by atoms with E-state index in [1.807, 2.05) is 31.2 Å². The third kappa shape index (κ3) is 3.94. The lowest BCUT2D eigenvalue weighted by Crippen LogP contribution is -2.31. The molecule has 0 aliphatic carbocycles. The molecule has 2 aromatic heterocycles. The predicted molar refractivity (Wildman–Crippen MR) is 115 cm³/mol. The second kappa shape index (κ2) is 8.02. The average Bonchev–Trinajstić information content (AvgIpc) is 3.27. The number of amides is 1. The van der Waals surface area contributed by atoms with Gasteiger partial charge in [-0.2, -0.15) is 5.10 Å². The quantitative estimate of drug-likeness (QED) is 0.631. The van der Waals surface area contributed by atoms with E-state index in [1.165, 1.54) is 11.8 Å². The van der Waals surface area contributed by atoms with Gasteiger partial charge in [-0.05, 0) is 31.4 Å². The first-order chi connectivity index (χ1) is 13.9. The summed E-state index contributed by atoms with van der Waals surface area (Å²) in [6.07, 6.45) is 2.81. The van der Waals surface area contributed by atoms with Crippen LogP contribution >= 0.6 is 11.8 Å². The maximum Gasteiger partial charge on any atom is 0.265 e. The van der Waals surface area contributed by atoms with Crippen LogP contribution in [0.15, 0.2) is 40.4 Å². The highest BCUT2D eigenvalue weighted by atomic mass is 32.2. The number of benzene rings is 1. The lowest BCUT2D eigenvalue weighted by Gasteiger charge is -2.14. The Bertz CT molecular complexity index is 1100. The van der Waals surface area contributed by atoms with Crippen LogP contribution in [-0.2, 0) is 4.79 Å². The van der Waals surface area contributed by atoms with E-state index < -0.39 is 0 Å². The van der Waals surface area contributed by atoms with Crippen molar-refractivity contribution in [1.82, 2.24) is 24.6 Å². The van der Waals surface area contributed by atoms with E-state index in [4.69, 9.17) is 4.98 Å². The number of carbonyl (C=O) groups excluding carboxylic acids is 1. The third-order valence-corrected chi connectivity index (χ3v) is 6.21. The summed E-state index contributed by atoms with van der Waals surface area (Å²) in [5.41, 5.74) is 2.45. The van der Waals surface area contributed by atoms with Crippen molar-refractivity contribution in [3.63, 3.8) is 0 Å². The van der Waals surface area contributed by atoms with Crippen LogP contribution in [0.5, 0.6) is 0 Å². The van der Waals surface area contributed by atoms with Crippen molar-refractivity contribution in [2.24, 2.45) is 5.92 Å². The molecule has 0 spiro atoms. The third-order valence-electron chi connectivity index (χ3n) is 5.11. The van der Waals surface area contributed by atoms with Crippen molar-refractivity contribution >= 4 is 28.7 Å². The van der Waals surface area contributed by atoms with E-state index in [0.29, 0.717) is 34.4 Å². The Balaban J connectivity index is 1.61. The van der Waals surface area contributed by atoms with E-state index in [0.717, 1.165) is 17.7 Å². The largest absolute Gasteiger partial charge is 0.356 e. The van der Waals surface area contributed by atoms with Gasteiger partial charge < -0.3 is 5.32 Å². The molecule has 0 bridgehead atoms. The molecule has 29 heavy (non-hydrogen) atoms. The molecule has 4 rings (SSSR count). The summed E-state index contributed by atoms with van der Waals surface area (Å²) < 4.78 is 3.36. The van der Waals surface area contributed by atoms with E-state index in [2.05, 4.69) is 24.3 Å². The zero-order valence-electron chi connectivity index (χ0n) is 16.9. The molecule has 152 valence electrons. The van der Waals surface area contributed by atoms with Crippen molar-refractivity contribution in [2.45, 2.75) is 44.8 Å². The normalized spacial score (nSPS) is 15.8. The maximum atomic E-state index is 13.1. The molecule has 0 radical (unpaired) electrons. The molecule has 0 saturated heterocycles. The Morgan fingerprint density at radius 3 is 2.79 bits per heavy atom. The summed E-state index contributed by atoms with van der Waals surface area (Å²) in [4.78, 5) is 30.2. The van der Waals surface area contributed by atoms with Crippen LogP contribution in [0.3, 0.4) is 0 Å². The zero-order valence-corrected chi connectivity index (χ0v) is 17.7. The van der Waals surface area contributed by atoms with Crippen LogP contribution in [0.2, 0.25) is 0 Å². The molecule has 1 aliphatic heterocycles. The van der Waals surface area contributed by atoms with Gasteiger partial charge in [0.1, 0.15) is 5.39 Å². The van der Waals surface area contributed by atoms with Gasteiger partial charge in [0.2, 0.25) is 5.91 Å². The SMILES string of the molecule is Cc1ccc(-n2ncc3c(=O)n4c(nc32)SCC4CC(=O)NCCC(C)C)cc1. The summed E-state index contributed by atoms with van der Waals surface area (Å²) in [5.74, 6) is 1.19. The van der Waals surface area contributed by atoms with E-state index in [-0.39, 0.29) is 23.9 Å². The molecule has 0 fully saturated rings. The molecule has 8 heteroatoms. The smallest absolute Gasteiger partial charge is 0.265 e. The maximum absolute atomic E-state index is 13.1. The molecule has 0 saturated carbocycles. The number of fused-ring (bicyclic) bond motifs is 2. The minimum absolute atomic E-state index is 0.0218. The summed E-state index contributed by atoms with van der Waals surface area (Å²) in [7, 11) is 0. The fourth-order valence-electron chi connectivity index (χ4n) is 3.44. The number of rotatable bonds is 6. The summed E-state index contributed by atoms with van der Waals surface area (Å²) in [6, 6.07) is 7.76. The first-order valence-corrected chi connectivity index (χ1v) is 10.9. The van der Waals surface area contributed by atoms with E-state index >= 15 is 0 Å². The van der Waals surface area contributed by atoms with Crippen molar-refractivity contribution in [2.75, 3.05) is 12.3 Å². The van der Waals surface area contributed by atoms with Crippen molar-refractivity contribution < 1.29 is 4.79 Å². The van der Waals surface area contributed by atoms with Gasteiger partial charge in [-0.1, -0.05) is 43.3 Å². The van der Waals surface area contributed by atoms with Gasteiger partial charge in [0.05, 0.1) is 17.9 Å². The number of carbonyl (C=O) groups is 1. The highest BCUT2D eigenvalue weighted by Gasteiger charge is 2.29. The van der Waals surface area contributed by atoms with Crippen LogP contribution < -0.4 is 10.9 Å². The average molecular weight is 412 g/mol. The second-order valence-corrected chi connectivity index (χ2v) is 8.89. The summed E-state index contributed by atoms with van der Waals surface area (Å²) in [5, 5.41) is 8.47. The first-order valence-electron chi connectivity index (χ1n) is 9.91. The molecule has 1 unspecified atom stereocenters. The van der Waals surface area contributed by atoms with Gasteiger partial charge >= 0.3 is 0 Å². The topological polar surface area (TPSA) is 81.8 Å². The fourth-order valence-corrected chi connectivity index (χ4v) is 4.57. The summed E-state index contributed by atoms with van der Waals surface area (Å²) in [6.45, 7) is 6.95. The number of nitrogens with zero attached hydrogens (tertiary/aromatic N) is 4. The molecule has 3 heterocycles. The number of aryl methyl sites for hydroxylation is 1. The summed E-state index contributed by atoms with van der Waals surface area (Å²) >= 11 is 1.52. The lowest BCUT2D eigenvalue weighted by atomic mass is 10.1. The van der Waals surface area contributed by atoms with Crippen LogP contribution in [0.1, 0.15) is 38.3 Å². The van der Waals surface area contributed by atoms with Gasteiger partial charge in [-0.3, -0.25) is 14.2 Å². The molecular formula is C21H25N5O2S. The number of thioether (sulfide) groups is 1. The Kier molecular flexibility index (Phi) is 5.45. The van der Waals surface area contributed by atoms with Crippen LogP contribution in [0.25, 0.3) is 16.7 Å². The van der Waals surface area contributed by atoms with E-state index in [1.54, 1.807) is 15.4 Å². The molecule has 1 atom stereocenters. The lowest BCUT2D eigenvalue weighted by molar-refractivity contribution is -0.121. The number of hydrogen-bond acceptors (Lipinski definition) is 5. The highest BCUT2D eigenvalue weighted by molar-refractivity contribution is 7.99. The monoisotopic (exact) mass is 411 g/mol. The Labute approximate surface area is 173 Å². The molecular weight excluding hydrogens is 386 g/mol. The van der Waals surface area contributed by atoms with Crippen LogP contribution in [0, 0.1) is 12.8 Å². The molecule has 3 aromatic rings.